The van der Waals surface area contributed by atoms with Crippen LogP contribution in [0.5, 0.6) is 0 Å². The second-order valence-electron chi connectivity index (χ2n) is 3.34. The first-order valence-corrected chi connectivity index (χ1v) is 9.39. The maximum absolute atomic E-state index is 3.60. The van der Waals surface area contributed by atoms with Crippen molar-refractivity contribution in [3.63, 3.8) is 0 Å². The van der Waals surface area contributed by atoms with E-state index in [0.717, 1.165) is 5.92 Å². The third-order valence-corrected chi connectivity index (χ3v) is 4.92. The van der Waals surface area contributed by atoms with E-state index in [0.29, 0.717) is 0 Å². The lowest BCUT2D eigenvalue weighted by Crippen LogP contribution is -1.92. The van der Waals surface area contributed by atoms with Gasteiger partial charge in [-0.2, -0.15) is 0 Å². The number of hydrogen-bond acceptors (Lipinski definition) is 0. The molecule has 1 saturated carbocycles. The Kier molecular flexibility index (Phi) is 5.45. The van der Waals surface area contributed by atoms with E-state index in [1.54, 1.807) is 0 Å². The van der Waals surface area contributed by atoms with Crippen LogP contribution in [-0.4, -0.2) is 18.2 Å². The largest absolute Gasteiger partial charge is 0.468 e. The van der Waals surface area contributed by atoms with Gasteiger partial charge in [-0.3, -0.25) is 0 Å². The molecule has 0 spiro atoms. The first-order valence-electron chi connectivity index (χ1n) is 4.49. The van der Waals surface area contributed by atoms with E-state index in [-0.39, 0.29) is 18.2 Å². The van der Waals surface area contributed by atoms with Crippen LogP contribution in [0.3, 0.4) is 0 Å². The zero-order valence-electron chi connectivity index (χ0n) is 6.61. The topological polar surface area (TPSA) is 0 Å². The summed E-state index contributed by atoms with van der Waals surface area (Å²) in [6.45, 7) is 0. The molecule has 0 bridgehead atoms. The fraction of sp³-hybridized carbons (Fsp3) is 1.00. The van der Waals surface area contributed by atoms with Crippen LogP contribution >= 0.6 is 12.9 Å². The molecule has 0 heterocycles. The van der Waals surface area contributed by atoms with Crippen molar-refractivity contribution in [2.45, 2.75) is 43.1 Å². The minimum atomic E-state index is 0.189. The summed E-state index contributed by atoms with van der Waals surface area (Å²) in [5.41, 5.74) is 0. The highest BCUT2D eigenvalue weighted by Crippen LogP contribution is 2.28. The van der Waals surface area contributed by atoms with Crippen molar-refractivity contribution >= 4 is 31.1 Å². The molecule has 0 radical (unpaired) electrons. The zero-order chi connectivity index (χ0) is 7.23. The summed E-state index contributed by atoms with van der Waals surface area (Å²) in [4.78, 5) is 0. The van der Waals surface area contributed by atoms with E-state index in [9.17, 15) is 0 Å². The molecule has 0 aromatic rings. The monoisotopic (exact) mass is 214 g/mol. The molecule has 1 aliphatic rings. The number of halogens is 1. The predicted molar refractivity (Wildman–Crippen MR) is 50.7 cm³/mol. The lowest BCUT2D eigenvalue weighted by Gasteiger charge is -2.06. The van der Waals surface area contributed by atoms with Crippen LogP contribution in [0.2, 0.25) is 4.55 Å². The van der Waals surface area contributed by atoms with Gasteiger partial charge in [-0.15, -0.1) is 4.55 Å². The highest BCUT2D eigenvalue weighted by molar-refractivity contribution is 9.23. The zero-order valence-corrected chi connectivity index (χ0v) is 9.61. The molecule has 0 nitrogen and oxygen atoms in total. The van der Waals surface area contributed by atoms with E-state index in [4.69, 9.17) is 0 Å². The molecule has 0 aromatic heterocycles. The molecule has 0 amide bonds. The van der Waals surface area contributed by atoms with Crippen molar-refractivity contribution in [3.05, 3.63) is 0 Å². The minimum Gasteiger partial charge on any atom is -0.307 e. The van der Waals surface area contributed by atoms with Crippen molar-refractivity contribution in [1.82, 2.24) is 0 Å². The summed E-state index contributed by atoms with van der Waals surface area (Å²) in [5.74, 6) is 1.12. The van der Waals surface area contributed by atoms with E-state index >= 15 is 0 Å². The van der Waals surface area contributed by atoms with Crippen LogP contribution in [0.4, 0.5) is 0 Å². The van der Waals surface area contributed by atoms with Gasteiger partial charge in [0.2, 0.25) is 0 Å². The molecule has 0 N–H and O–H groups in total. The molecular formula is C8H15BrMg. The fourth-order valence-electron chi connectivity index (χ4n) is 1.83. The molecule has 10 heavy (non-hydrogen) atoms. The third kappa shape index (κ3) is 3.58. The van der Waals surface area contributed by atoms with Crippen LogP contribution < -0.4 is 0 Å². The molecule has 0 aliphatic heterocycles. The van der Waals surface area contributed by atoms with Crippen LogP contribution in [-0.2, 0) is 0 Å². The maximum Gasteiger partial charge on any atom is 0.468 e. The number of hydrogen-bond donors (Lipinski definition) is 0. The molecule has 1 rings (SSSR count). The van der Waals surface area contributed by atoms with Crippen LogP contribution in [0.25, 0.3) is 0 Å². The Morgan fingerprint density at radius 1 is 1.30 bits per heavy atom. The van der Waals surface area contributed by atoms with Crippen LogP contribution in [0, 0.1) is 5.92 Å². The Morgan fingerprint density at radius 3 is 2.60 bits per heavy atom. The first-order chi connectivity index (χ1) is 4.93. The van der Waals surface area contributed by atoms with Crippen molar-refractivity contribution < 1.29 is 0 Å². The van der Waals surface area contributed by atoms with Gasteiger partial charge in [-0.05, 0) is 5.92 Å². The fourth-order valence-corrected chi connectivity index (χ4v) is 3.49. The molecule has 1 fully saturated rings. The van der Waals surface area contributed by atoms with Gasteiger partial charge in [-0.25, -0.2) is 0 Å². The molecule has 2 heteroatoms. The molecule has 1 aliphatic carbocycles. The lowest BCUT2D eigenvalue weighted by molar-refractivity contribution is 0.496. The van der Waals surface area contributed by atoms with E-state index in [1.807, 2.05) is 0 Å². The SMILES string of the molecule is [Br][Mg][CH2]CCC1CCCC1. The Bertz CT molecular complexity index is 79.3. The first kappa shape index (κ1) is 9.34. The minimum absolute atomic E-state index is 0.189. The molecule has 0 unspecified atom stereocenters. The summed E-state index contributed by atoms with van der Waals surface area (Å²) >= 11 is 3.79. The second kappa shape index (κ2) is 5.84. The average molecular weight is 215 g/mol. The van der Waals surface area contributed by atoms with Gasteiger partial charge in [-0.1, -0.05) is 38.5 Å². The van der Waals surface area contributed by atoms with Gasteiger partial charge in [0.05, 0.1) is 0 Å². The van der Waals surface area contributed by atoms with Gasteiger partial charge in [0, 0.05) is 0 Å². The van der Waals surface area contributed by atoms with Gasteiger partial charge in [0.25, 0.3) is 0 Å². The summed E-state index contributed by atoms with van der Waals surface area (Å²) in [6.07, 6.45) is 9.11. The van der Waals surface area contributed by atoms with Crippen LogP contribution in [0.1, 0.15) is 38.5 Å². The molecule has 56 valence electrons. The Balaban J connectivity index is 1.91. The Labute approximate surface area is 79.7 Å². The van der Waals surface area contributed by atoms with E-state index in [1.165, 1.54) is 43.1 Å². The molecular weight excluding hydrogens is 200 g/mol. The van der Waals surface area contributed by atoms with E-state index in [2.05, 4.69) is 12.9 Å². The Hall–Kier alpha value is 1.25. The van der Waals surface area contributed by atoms with Gasteiger partial charge >= 0.3 is 18.2 Å². The normalized spacial score (nSPS) is 19.3. The lowest BCUT2D eigenvalue weighted by atomic mass is 10.0. The highest BCUT2D eigenvalue weighted by Gasteiger charge is 2.13. The van der Waals surface area contributed by atoms with E-state index < -0.39 is 0 Å². The molecule has 0 aromatic carbocycles. The summed E-state index contributed by atoms with van der Waals surface area (Å²) in [6, 6.07) is 0. The van der Waals surface area contributed by atoms with Crippen molar-refractivity contribution in [2.24, 2.45) is 5.92 Å². The quantitative estimate of drug-likeness (QED) is 0.498. The van der Waals surface area contributed by atoms with Gasteiger partial charge in [0.15, 0.2) is 0 Å². The predicted octanol–water partition coefficient (Wildman–Crippen LogP) is 3.39. The van der Waals surface area contributed by atoms with Gasteiger partial charge < -0.3 is 12.9 Å². The summed E-state index contributed by atoms with van der Waals surface area (Å²) in [7, 11) is 0. The van der Waals surface area contributed by atoms with Crippen molar-refractivity contribution in [1.29, 1.82) is 0 Å². The van der Waals surface area contributed by atoms with Crippen molar-refractivity contribution in [3.8, 4) is 0 Å². The standard InChI is InChI=1S/C8H15.BrH.Mg/c1-2-5-8-6-3-4-7-8;;/h8H,1-7H2;1H;/q;;+1/p-1. The summed E-state index contributed by atoms with van der Waals surface area (Å²) in [5, 5.41) is 0. The van der Waals surface area contributed by atoms with Gasteiger partial charge in [0.1, 0.15) is 0 Å². The second-order valence-corrected chi connectivity index (χ2v) is 6.80. The maximum atomic E-state index is 3.60. The smallest absolute Gasteiger partial charge is 0.307 e. The summed E-state index contributed by atoms with van der Waals surface area (Å²) < 4.78 is 1.51. The van der Waals surface area contributed by atoms with Crippen molar-refractivity contribution in [2.75, 3.05) is 0 Å². The third-order valence-electron chi connectivity index (χ3n) is 2.47. The molecule has 0 saturated heterocycles. The average Bonchev–Trinajstić information content (AvgIpc) is 2.41. The highest BCUT2D eigenvalue weighted by atomic mass is 79.9. The van der Waals surface area contributed by atoms with Crippen LogP contribution in [0.15, 0.2) is 0 Å². The molecule has 0 atom stereocenters. The Morgan fingerprint density at radius 2 is 2.00 bits per heavy atom. The number of rotatable bonds is 4.